The average molecular weight is 368 g/mol. The molecule has 2 N–H and O–H groups in total. The zero-order valence-electron chi connectivity index (χ0n) is 15.6. The van der Waals surface area contributed by atoms with Gasteiger partial charge in [-0.1, -0.05) is 25.0 Å². The minimum Gasteiger partial charge on any atom is -0.507 e. The third kappa shape index (κ3) is 4.45. The third-order valence-electron chi connectivity index (χ3n) is 4.81. The Kier molecular flexibility index (Phi) is 5.74. The van der Waals surface area contributed by atoms with Gasteiger partial charge in [-0.3, -0.25) is 9.98 Å². The van der Waals surface area contributed by atoms with E-state index in [1.807, 2.05) is 6.07 Å². The molecule has 0 spiro atoms. The summed E-state index contributed by atoms with van der Waals surface area (Å²) in [5.74, 6) is 0.433. The molecule has 0 saturated heterocycles. The highest BCUT2D eigenvalue weighted by atomic mass is 16.4. The standard InChI is InChI=1S/C21H24N2O4/c1-13-11-19(25)20(21(26)27-13)14(2)23-17-9-5-4-8-16(17)22-12-15-7-3-6-10-18(15)24/h3,6-7,10-12,16-17,24-25H,4-5,8-9H2,1-2H3/t16-,17-/m1/s1. The Morgan fingerprint density at radius 3 is 2.56 bits per heavy atom. The van der Waals surface area contributed by atoms with Crippen molar-refractivity contribution in [1.29, 1.82) is 0 Å². The fourth-order valence-corrected chi connectivity index (χ4v) is 3.43. The van der Waals surface area contributed by atoms with Gasteiger partial charge in [0, 0.05) is 17.8 Å². The Morgan fingerprint density at radius 1 is 1.15 bits per heavy atom. The van der Waals surface area contributed by atoms with Gasteiger partial charge >= 0.3 is 5.63 Å². The van der Waals surface area contributed by atoms with E-state index in [0.29, 0.717) is 17.0 Å². The second-order valence-electron chi connectivity index (χ2n) is 6.88. The number of rotatable bonds is 4. The first-order valence-corrected chi connectivity index (χ1v) is 9.15. The largest absolute Gasteiger partial charge is 0.507 e. The first-order chi connectivity index (χ1) is 13.0. The molecule has 142 valence electrons. The number of phenols is 1. The highest BCUT2D eigenvalue weighted by Gasteiger charge is 2.25. The highest BCUT2D eigenvalue weighted by molar-refractivity contribution is 6.00. The monoisotopic (exact) mass is 368 g/mol. The van der Waals surface area contributed by atoms with Crippen molar-refractivity contribution in [2.75, 3.05) is 0 Å². The van der Waals surface area contributed by atoms with Gasteiger partial charge < -0.3 is 14.6 Å². The van der Waals surface area contributed by atoms with Gasteiger partial charge in [-0.2, -0.15) is 0 Å². The molecule has 6 nitrogen and oxygen atoms in total. The zero-order chi connectivity index (χ0) is 19.4. The van der Waals surface area contributed by atoms with E-state index < -0.39 is 5.63 Å². The summed E-state index contributed by atoms with van der Waals surface area (Å²) >= 11 is 0. The van der Waals surface area contributed by atoms with Crippen LogP contribution in [0, 0.1) is 6.92 Å². The average Bonchev–Trinajstić information content (AvgIpc) is 2.61. The van der Waals surface area contributed by atoms with E-state index in [1.165, 1.54) is 6.07 Å². The normalized spacial score (nSPS) is 20.9. The zero-order valence-corrected chi connectivity index (χ0v) is 15.6. The van der Waals surface area contributed by atoms with Crippen LogP contribution in [0.15, 0.2) is 49.5 Å². The molecule has 1 aliphatic carbocycles. The van der Waals surface area contributed by atoms with Gasteiger partial charge in [-0.05, 0) is 38.8 Å². The van der Waals surface area contributed by atoms with Crippen LogP contribution in [0.5, 0.6) is 11.5 Å². The maximum atomic E-state index is 12.1. The van der Waals surface area contributed by atoms with Crippen LogP contribution in [0.1, 0.15) is 49.5 Å². The van der Waals surface area contributed by atoms with Crippen LogP contribution in [0.4, 0.5) is 0 Å². The van der Waals surface area contributed by atoms with E-state index in [4.69, 9.17) is 9.41 Å². The SMILES string of the molecule is CC(=N[C@@H]1CCCC[C@H]1N=Cc1ccccc1O)c1c(O)cc(C)oc1=O. The molecule has 0 amide bonds. The predicted octanol–water partition coefficient (Wildman–Crippen LogP) is 3.60. The molecule has 1 aromatic heterocycles. The number of para-hydroxylation sites is 1. The lowest BCUT2D eigenvalue weighted by atomic mass is 9.91. The van der Waals surface area contributed by atoms with Crippen molar-refractivity contribution >= 4 is 11.9 Å². The Bertz CT molecular complexity index is 930. The summed E-state index contributed by atoms with van der Waals surface area (Å²) in [6.07, 6.45) is 5.53. The lowest BCUT2D eigenvalue weighted by Gasteiger charge is -2.26. The van der Waals surface area contributed by atoms with Crippen LogP contribution < -0.4 is 5.63 Å². The molecule has 2 atom stereocenters. The molecule has 0 bridgehead atoms. The van der Waals surface area contributed by atoms with Gasteiger partial charge in [-0.25, -0.2) is 4.79 Å². The number of nitrogens with zero attached hydrogens (tertiary/aromatic N) is 2. The molecule has 1 aliphatic rings. The number of hydrogen-bond donors (Lipinski definition) is 2. The third-order valence-corrected chi connectivity index (χ3v) is 4.81. The van der Waals surface area contributed by atoms with Gasteiger partial charge in [0.05, 0.1) is 17.8 Å². The number of aliphatic imine (C=N–C) groups is 2. The summed E-state index contributed by atoms with van der Waals surface area (Å²) in [4.78, 5) is 21.4. The summed E-state index contributed by atoms with van der Waals surface area (Å²) in [5.41, 5.74) is 0.642. The van der Waals surface area contributed by atoms with Crippen molar-refractivity contribution in [2.45, 2.75) is 51.6 Å². The Labute approximate surface area is 157 Å². The summed E-state index contributed by atoms with van der Waals surface area (Å²) in [6, 6.07) is 8.35. The van der Waals surface area contributed by atoms with Crippen LogP contribution in [-0.2, 0) is 0 Å². The van der Waals surface area contributed by atoms with Gasteiger partial charge in [-0.15, -0.1) is 0 Å². The maximum absolute atomic E-state index is 12.1. The quantitative estimate of drug-likeness (QED) is 0.806. The van der Waals surface area contributed by atoms with E-state index in [1.54, 1.807) is 38.3 Å². The van der Waals surface area contributed by atoms with Crippen molar-refractivity contribution in [3.05, 3.63) is 57.6 Å². The molecule has 1 saturated carbocycles. The molecule has 0 unspecified atom stereocenters. The van der Waals surface area contributed by atoms with Crippen molar-refractivity contribution in [3.8, 4) is 11.5 Å². The van der Waals surface area contributed by atoms with E-state index in [-0.39, 0.29) is 29.1 Å². The van der Waals surface area contributed by atoms with Crippen LogP contribution in [0.2, 0.25) is 0 Å². The maximum Gasteiger partial charge on any atom is 0.348 e. The highest BCUT2D eigenvalue weighted by Crippen LogP contribution is 2.26. The molecule has 1 aromatic carbocycles. The van der Waals surface area contributed by atoms with Crippen molar-refractivity contribution < 1.29 is 14.6 Å². The van der Waals surface area contributed by atoms with Gasteiger partial charge in [0.1, 0.15) is 22.8 Å². The van der Waals surface area contributed by atoms with Crippen LogP contribution in [-0.4, -0.2) is 34.2 Å². The predicted molar refractivity (Wildman–Crippen MR) is 105 cm³/mol. The molecule has 0 aliphatic heterocycles. The smallest absolute Gasteiger partial charge is 0.348 e. The van der Waals surface area contributed by atoms with Gasteiger partial charge in [0.15, 0.2) is 0 Å². The van der Waals surface area contributed by atoms with Gasteiger partial charge in [0.25, 0.3) is 0 Å². The minimum absolute atomic E-state index is 0.0343. The first kappa shape index (κ1) is 18.9. The summed E-state index contributed by atoms with van der Waals surface area (Å²) in [6.45, 7) is 3.32. The minimum atomic E-state index is -0.584. The molecule has 2 aromatic rings. The van der Waals surface area contributed by atoms with E-state index in [0.717, 1.165) is 25.7 Å². The lowest BCUT2D eigenvalue weighted by molar-refractivity contribution is 0.388. The molecule has 6 heteroatoms. The number of aromatic hydroxyl groups is 2. The Balaban J connectivity index is 1.86. The van der Waals surface area contributed by atoms with E-state index >= 15 is 0 Å². The van der Waals surface area contributed by atoms with Crippen LogP contribution in [0.25, 0.3) is 0 Å². The fourth-order valence-electron chi connectivity index (χ4n) is 3.43. The molecule has 27 heavy (non-hydrogen) atoms. The molecule has 1 fully saturated rings. The Morgan fingerprint density at radius 2 is 1.85 bits per heavy atom. The van der Waals surface area contributed by atoms with Gasteiger partial charge in [0.2, 0.25) is 0 Å². The van der Waals surface area contributed by atoms with Crippen LogP contribution in [0.3, 0.4) is 0 Å². The first-order valence-electron chi connectivity index (χ1n) is 9.15. The second-order valence-corrected chi connectivity index (χ2v) is 6.88. The van der Waals surface area contributed by atoms with Crippen LogP contribution >= 0.6 is 0 Å². The summed E-state index contributed by atoms with van der Waals surface area (Å²) < 4.78 is 5.09. The number of phenolic OH excluding ortho intramolecular Hbond substituents is 1. The fraction of sp³-hybridized carbons (Fsp3) is 0.381. The molecule has 1 heterocycles. The number of hydrogen-bond acceptors (Lipinski definition) is 6. The lowest BCUT2D eigenvalue weighted by Crippen LogP contribution is -2.28. The molecular weight excluding hydrogens is 344 g/mol. The summed E-state index contributed by atoms with van der Waals surface area (Å²) in [7, 11) is 0. The van der Waals surface area contributed by atoms with E-state index in [2.05, 4.69) is 4.99 Å². The molecule has 0 radical (unpaired) electrons. The number of benzene rings is 1. The van der Waals surface area contributed by atoms with Crippen molar-refractivity contribution in [2.24, 2.45) is 9.98 Å². The van der Waals surface area contributed by atoms with E-state index in [9.17, 15) is 15.0 Å². The topological polar surface area (TPSA) is 95.4 Å². The Hall–Kier alpha value is -2.89. The molecular formula is C21H24N2O4. The van der Waals surface area contributed by atoms with Crippen molar-refractivity contribution in [1.82, 2.24) is 0 Å². The summed E-state index contributed by atoms with van der Waals surface area (Å²) in [5, 5.41) is 20.0. The van der Waals surface area contributed by atoms with Crippen molar-refractivity contribution in [3.63, 3.8) is 0 Å². The molecule has 3 rings (SSSR count). The number of aryl methyl sites for hydroxylation is 1. The second kappa shape index (κ2) is 8.20.